The summed E-state index contributed by atoms with van der Waals surface area (Å²) in [5.41, 5.74) is 2.74. The maximum Gasteiger partial charge on any atom is 0.0708 e. The van der Waals surface area contributed by atoms with Gasteiger partial charge in [0.2, 0.25) is 0 Å². The number of nitrogens with one attached hydrogen (secondary N) is 1. The van der Waals surface area contributed by atoms with Crippen LogP contribution < -0.4 is 5.32 Å². The number of hydrogen-bond donors (Lipinski definition) is 1. The van der Waals surface area contributed by atoms with Crippen molar-refractivity contribution in [3.8, 4) is 0 Å². The van der Waals surface area contributed by atoms with Gasteiger partial charge in [-0.05, 0) is 36.8 Å². The van der Waals surface area contributed by atoms with E-state index in [1.54, 1.807) is 0 Å². The molecule has 0 bridgehead atoms. The van der Waals surface area contributed by atoms with E-state index >= 15 is 0 Å². The highest BCUT2D eigenvalue weighted by Gasteiger charge is 2.40. The summed E-state index contributed by atoms with van der Waals surface area (Å²) in [6.07, 6.45) is 9.56. The Morgan fingerprint density at radius 3 is 2.48 bits per heavy atom. The molecule has 1 saturated carbocycles. The first-order valence-electron chi connectivity index (χ1n) is 8.32. The standard InChI is InChI=1S/C18H26ClNO/c19-12-15-4-6-16(7-5-15)13-20-14-17-8-11-18(21-17)9-2-1-3-10-18/h4-7,17,20H,1-3,8-14H2. The van der Waals surface area contributed by atoms with Crippen molar-refractivity contribution in [1.29, 1.82) is 0 Å². The van der Waals surface area contributed by atoms with Gasteiger partial charge in [0.1, 0.15) is 0 Å². The molecule has 116 valence electrons. The topological polar surface area (TPSA) is 21.3 Å². The normalized spacial score (nSPS) is 24.5. The minimum absolute atomic E-state index is 0.243. The fourth-order valence-electron chi connectivity index (χ4n) is 3.73. The summed E-state index contributed by atoms with van der Waals surface area (Å²) in [5.74, 6) is 0.589. The molecule has 1 heterocycles. The molecule has 1 atom stereocenters. The van der Waals surface area contributed by atoms with E-state index in [1.165, 1.54) is 56.1 Å². The van der Waals surface area contributed by atoms with Crippen molar-refractivity contribution in [3.63, 3.8) is 0 Å². The summed E-state index contributed by atoms with van der Waals surface area (Å²) in [7, 11) is 0. The monoisotopic (exact) mass is 307 g/mol. The summed E-state index contributed by atoms with van der Waals surface area (Å²) < 4.78 is 6.38. The van der Waals surface area contributed by atoms with Crippen molar-refractivity contribution in [2.24, 2.45) is 0 Å². The van der Waals surface area contributed by atoms with Gasteiger partial charge >= 0.3 is 0 Å². The van der Waals surface area contributed by atoms with Crippen LogP contribution in [-0.2, 0) is 17.2 Å². The summed E-state index contributed by atoms with van der Waals surface area (Å²) >= 11 is 5.81. The molecule has 1 aromatic rings. The molecule has 1 aromatic carbocycles. The SMILES string of the molecule is ClCc1ccc(CNCC2CCC3(CCCCC3)O2)cc1. The molecule has 1 unspecified atom stereocenters. The highest BCUT2D eigenvalue weighted by Crippen LogP contribution is 2.41. The van der Waals surface area contributed by atoms with Crippen molar-refractivity contribution in [2.75, 3.05) is 6.54 Å². The van der Waals surface area contributed by atoms with Crippen LogP contribution in [0.1, 0.15) is 56.1 Å². The van der Waals surface area contributed by atoms with Crippen LogP contribution in [-0.4, -0.2) is 18.2 Å². The van der Waals surface area contributed by atoms with E-state index in [4.69, 9.17) is 16.3 Å². The van der Waals surface area contributed by atoms with Crippen LogP contribution in [0.2, 0.25) is 0 Å². The molecule has 2 nitrogen and oxygen atoms in total. The van der Waals surface area contributed by atoms with Gasteiger partial charge in [-0.1, -0.05) is 43.5 Å². The number of benzene rings is 1. The number of rotatable bonds is 5. The molecular formula is C18H26ClNO. The highest BCUT2D eigenvalue weighted by molar-refractivity contribution is 6.17. The second-order valence-electron chi connectivity index (χ2n) is 6.60. The molecule has 3 heteroatoms. The largest absolute Gasteiger partial charge is 0.370 e. The molecular weight excluding hydrogens is 282 g/mol. The Hall–Kier alpha value is -0.570. The average molecular weight is 308 g/mol. The average Bonchev–Trinajstić information content (AvgIpc) is 2.91. The summed E-state index contributed by atoms with van der Waals surface area (Å²) in [6, 6.07) is 8.52. The molecule has 0 amide bonds. The van der Waals surface area contributed by atoms with Crippen LogP contribution in [0.4, 0.5) is 0 Å². The third-order valence-electron chi connectivity index (χ3n) is 4.98. The third-order valence-corrected chi connectivity index (χ3v) is 5.29. The lowest BCUT2D eigenvalue weighted by atomic mass is 9.83. The van der Waals surface area contributed by atoms with Crippen LogP contribution in [0, 0.1) is 0 Å². The molecule has 1 aliphatic carbocycles. The third kappa shape index (κ3) is 4.00. The van der Waals surface area contributed by atoms with Crippen molar-refractivity contribution in [3.05, 3.63) is 35.4 Å². The molecule has 1 spiro atoms. The Bertz CT molecular complexity index is 439. The Morgan fingerprint density at radius 2 is 1.76 bits per heavy atom. The van der Waals surface area contributed by atoms with Crippen LogP contribution in [0.25, 0.3) is 0 Å². The van der Waals surface area contributed by atoms with E-state index in [1.807, 2.05) is 0 Å². The number of alkyl halides is 1. The van der Waals surface area contributed by atoms with Gasteiger partial charge in [-0.3, -0.25) is 0 Å². The van der Waals surface area contributed by atoms with Gasteiger partial charge < -0.3 is 10.1 Å². The zero-order valence-electron chi connectivity index (χ0n) is 12.7. The second-order valence-corrected chi connectivity index (χ2v) is 6.87. The zero-order valence-corrected chi connectivity index (χ0v) is 13.5. The summed E-state index contributed by atoms with van der Waals surface area (Å²) in [6.45, 7) is 1.88. The first kappa shape index (κ1) is 15.3. The second kappa shape index (κ2) is 7.13. The van der Waals surface area contributed by atoms with E-state index in [0.717, 1.165) is 13.1 Å². The predicted molar refractivity (Wildman–Crippen MR) is 87.6 cm³/mol. The van der Waals surface area contributed by atoms with Gasteiger partial charge in [0.25, 0.3) is 0 Å². The van der Waals surface area contributed by atoms with Gasteiger partial charge in [-0.15, -0.1) is 11.6 Å². The highest BCUT2D eigenvalue weighted by atomic mass is 35.5. The lowest BCUT2D eigenvalue weighted by Crippen LogP contribution is -2.34. The van der Waals surface area contributed by atoms with Crippen LogP contribution in [0.5, 0.6) is 0 Å². The van der Waals surface area contributed by atoms with Crippen molar-refractivity contribution in [1.82, 2.24) is 5.32 Å². The first-order valence-corrected chi connectivity index (χ1v) is 8.85. The smallest absolute Gasteiger partial charge is 0.0708 e. The van der Waals surface area contributed by atoms with Gasteiger partial charge in [0, 0.05) is 19.0 Å². The van der Waals surface area contributed by atoms with E-state index in [-0.39, 0.29) is 5.60 Å². The predicted octanol–water partition coefficient (Wildman–Crippen LogP) is 4.40. The Morgan fingerprint density at radius 1 is 1.05 bits per heavy atom. The van der Waals surface area contributed by atoms with Crippen molar-refractivity contribution in [2.45, 2.75) is 69.1 Å². The Balaban J connectivity index is 1.41. The van der Waals surface area contributed by atoms with Gasteiger partial charge in [0.15, 0.2) is 0 Å². The van der Waals surface area contributed by atoms with Crippen LogP contribution in [0.15, 0.2) is 24.3 Å². The van der Waals surface area contributed by atoms with Gasteiger partial charge in [-0.25, -0.2) is 0 Å². The Kier molecular flexibility index (Phi) is 5.20. The number of halogens is 1. The molecule has 1 N–H and O–H groups in total. The molecule has 1 aliphatic heterocycles. The minimum Gasteiger partial charge on any atom is -0.370 e. The molecule has 0 radical (unpaired) electrons. The maximum atomic E-state index is 6.38. The lowest BCUT2D eigenvalue weighted by molar-refractivity contribution is -0.0624. The summed E-state index contributed by atoms with van der Waals surface area (Å²) in [4.78, 5) is 0. The molecule has 21 heavy (non-hydrogen) atoms. The number of ether oxygens (including phenoxy) is 1. The molecule has 0 aromatic heterocycles. The fraction of sp³-hybridized carbons (Fsp3) is 0.667. The lowest BCUT2D eigenvalue weighted by Gasteiger charge is -2.33. The number of hydrogen-bond acceptors (Lipinski definition) is 2. The first-order chi connectivity index (χ1) is 10.3. The van der Waals surface area contributed by atoms with Crippen molar-refractivity contribution < 1.29 is 4.74 Å². The molecule has 2 fully saturated rings. The maximum absolute atomic E-state index is 6.38. The summed E-state index contributed by atoms with van der Waals surface area (Å²) in [5, 5.41) is 3.55. The van der Waals surface area contributed by atoms with Gasteiger partial charge in [-0.2, -0.15) is 0 Å². The minimum atomic E-state index is 0.243. The fourth-order valence-corrected chi connectivity index (χ4v) is 3.91. The molecule has 3 rings (SSSR count). The van der Waals surface area contributed by atoms with Crippen LogP contribution >= 0.6 is 11.6 Å². The van der Waals surface area contributed by atoms with E-state index < -0.39 is 0 Å². The van der Waals surface area contributed by atoms with E-state index in [2.05, 4.69) is 29.6 Å². The van der Waals surface area contributed by atoms with E-state index in [0.29, 0.717) is 12.0 Å². The quantitative estimate of drug-likeness (QED) is 0.814. The van der Waals surface area contributed by atoms with Crippen molar-refractivity contribution >= 4 is 11.6 Å². The van der Waals surface area contributed by atoms with Crippen LogP contribution in [0.3, 0.4) is 0 Å². The zero-order chi connectivity index (χ0) is 14.5. The Labute approximate surface area is 133 Å². The molecule has 1 saturated heterocycles. The van der Waals surface area contributed by atoms with E-state index in [9.17, 15) is 0 Å². The molecule has 2 aliphatic rings. The van der Waals surface area contributed by atoms with Gasteiger partial charge in [0.05, 0.1) is 11.7 Å².